The number of ether oxygens (including phenoxy) is 2. The molecular weight excluding hydrogens is 508 g/mol. The van der Waals surface area contributed by atoms with Gasteiger partial charge in [-0.2, -0.15) is 0 Å². The van der Waals surface area contributed by atoms with Crippen LogP contribution in [0.4, 0.5) is 14.9 Å². The first kappa shape index (κ1) is 21.6. The number of halogens is 2. The van der Waals surface area contributed by atoms with Crippen molar-refractivity contribution in [1.82, 2.24) is 10.2 Å². The van der Waals surface area contributed by atoms with Crippen LogP contribution >= 0.6 is 22.6 Å². The molecule has 1 heterocycles. The van der Waals surface area contributed by atoms with Crippen LogP contribution in [0.3, 0.4) is 0 Å². The van der Waals surface area contributed by atoms with Crippen molar-refractivity contribution in [3.63, 3.8) is 0 Å². The lowest BCUT2D eigenvalue weighted by Gasteiger charge is -2.14. The van der Waals surface area contributed by atoms with E-state index < -0.39 is 23.7 Å². The maximum absolute atomic E-state index is 12.9. The minimum atomic E-state index is -0.500. The quantitative estimate of drug-likeness (QED) is 0.344. The van der Waals surface area contributed by atoms with Crippen molar-refractivity contribution >= 4 is 52.2 Å². The lowest BCUT2D eigenvalue weighted by molar-refractivity contribution is -0.122. The highest BCUT2D eigenvalue weighted by Crippen LogP contribution is 2.34. The Morgan fingerprint density at radius 1 is 1.27 bits per heavy atom. The molecule has 0 aromatic heterocycles. The Bertz CT molecular complexity index is 1040. The number of rotatable bonds is 6. The number of methoxy groups -OCH3 is 1. The van der Waals surface area contributed by atoms with E-state index in [0.717, 1.165) is 4.90 Å². The van der Waals surface area contributed by atoms with E-state index in [4.69, 9.17) is 9.47 Å². The van der Waals surface area contributed by atoms with Crippen LogP contribution in [0.2, 0.25) is 0 Å². The molecule has 0 saturated carbocycles. The Morgan fingerprint density at radius 3 is 2.57 bits per heavy atom. The van der Waals surface area contributed by atoms with Crippen molar-refractivity contribution in [3.05, 3.63) is 57.0 Å². The van der Waals surface area contributed by atoms with Crippen LogP contribution in [0, 0.1) is 9.39 Å². The van der Waals surface area contributed by atoms with E-state index in [1.165, 1.54) is 44.5 Å². The van der Waals surface area contributed by atoms with Gasteiger partial charge < -0.3 is 20.1 Å². The molecule has 2 N–H and O–H groups in total. The molecule has 30 heavy (non-hydrogen) atoms. The van der Waals surface area contributed by atoms with Crippen LogP contribution < -0.4 is 20.1 Å². The van der Waals surface area contributed by atoms with Crippen LogP contribution in [-0.2, 0) is 9.59 Å². The van der Waals surface area contributed by atoms with Crippen LogP contribution in [0.1, 0.15) is 5.56 Å². The standard InChI is InChI=1S/C20H17FIN3O5/c1-25-19(27)15(24-20(25)28)8-11-7-14(22)18(16(9-11)29-2)30-10-17(26)23-13-5-3-12(21)4-6-13/h3-9H,10H2,1-2H3,(H,23,26)(H,24,28)/b15-8+. The molecule has 0 spiro atoms. The summed E-state index contributed by atoms with van der Waals surface area (Å²) in [6, 6.07) is 8.22. The lowest BCUT2D eigenvalue weighted by Crippen LogP contribution is -2.25. The second kappa shape index (κ2) is 9.11. The molecule has 8 nitrogen and oxygen atoms in total. The van der Waals surface area contributed by atoms with Crippen LogP contribution in [0.25, 0.3) is 6.08 Å². The molecule has 0 bridgehead atoms. The number of urea groups is 1. The number of carbonyl (C=O) groups excluding carboxylic acids is 3. The van der Waals surface area contributed by atoms with Gasteiger partial charge in [0.05, 0.1) is 10.7 Å². The summed E-state index contributed by atoms with van der Waals surface area (Å²) in [7, 11) is 2.83. The van der Waals surface area contributed by atoms with E-state index >= 15 is 0 Å². The van der Waals surface area contributed by atoms with Gasteiger partial charge >= 0.3 is 6.03 Å². The zero-order valence-electron chi connectivity index (χ0n) is 16.0. The van der Waals surface area contributed by atoms with Crippen molar-refractivity contribution < 1.29 is 28.2 Å². The molecule has 156 valence electrons. The average molecular weight is 525 g/mol. The summed E-state index contributed by atoms with van der Waals surface area (Å²) in [6.45, 7) is -0.288. The van der Waals surface area contributed by atoms with Gasteiger partial charge in [0, 0.05) is 12.7 Å². The fraction of sp³-hybridized carbons (Fsp3) is 0.150. The van der Waals surface area contributed by atoms with Crippen LogP contribution in [0.15, 0.2) is 42.1 Å². The SMILES string of the molecule is COc1cc(/C=C2/NC(=O)N(C)C2=O)cc(I)c1OCC(=O)Nc1ccc(F)cc1. The van der Waals surface area contributed by atoms with E-state index in [2.05, 4.69) is 10.6 Å². The molecule has 0 unspecified atom stereocenters. The van der Waals surface area contributed by atoms with Gasteiger partial charge in [-0.25, -0.2) is 9.18 Å². The molecule has 2 aromatic rings. The maximum atomic E-state index is 12.9. The Balaban J connectivity index is 1.73. The molecule has 1 aliphatic heterocycles. The number of anilines is 1. The first-order valence-corrected chi connectivity index (χ1v) is 9.73. The largest absolute Gasteiger partial charge is 0.493 e. The second-order valence-electron chi connectivity index (χ2n) is 6.23. The van der Waals surface area contributed by atoms with Gasteiger partial charge in [-0.15, -0.1) is 0 Å². The number of hydrogen-bond donors (Lipinski definition) is 2. The molecule has 1 aliphatic rings. The third kappa shape index (κ3) is 4.87. The minimum Gasteiger partial charge on any atom is -0.493 e. The third-order valence-electron chi connectivity index (χ3n) is 4.12. The topological polar surface area (TPSA) is 97.0 Å². The van der Waals surface area contributed by atoms with Crippen molar-refractivity contribution in [1.29, 1.82) is 0 Å². The monoisotopic (exact) mass is 525 g/mol. The van der Waals surface area contributed by atoms with Crippen LogP contribution in [-0.4, -0.2) is 43.5 Å². The Kier molecular flexibility index (Phi) is 6.55. The van der Waals surface area contributed by atoms with Gasteiger partial charge in [0.25, 0.3) is 11.8 Å². The van der Waals surface area contributed by atoms with E-state index in [1.807, 2.05) is 22.6 Å². The first-order chi connectivity index (χ1) is 14.3. The molecule has 3 rings (SSSR count). The van der Waals surface area contributed by atoms with Crippen molar-refractivity contribution in [2.45, 2.75) is 0 Å². The zero-order chi connectivity index (χ0) is 21.8. The lowest BCUT2D eigenvalue weighted by atomic mass is 10.1. The third-order valence-corrected chi connectivity index (χ3v) is 4.92. The Morgan fingerprint density at radius 2 is 1.97 bits per heavy atom. The summed E-state index contributed by atoms with van der Waals surface area (Å²) < 4.78 is 24.5. The molecule has 0 radical (unpaired) electrons. The number of nitrogens with zero attached hydrogens (tertiary/aromatic N) is 1. The van der Waals surface area contributed by atoms with Gasteiger partial charge in [-0.1, -0.05) is 0 Å². The van der Waals surface area contributed by atoms with Gasteiger partial charge in [-0.05, 0) is 70.6 Å². The van der Waals surface area contributed by atoms with Crippen molar-refractivity contribution in [2.24, 2.45) is 0 Å². The molecule has 2 aromatic carbocycles. The summed E-state index contributed by atoms with van der Waals surface area (Å²) in [6.07, 6.45) is 1.53. The van der Waals surface area contributed by atoms with Gasteiger partial charge in [0.1, 0.15) is 11.5 Å². The number of hydrogen-bond acceptors (Lipinski definition) is 5. The number of nitrogens with one attached hydrogen (secondary N) is 2. The number of likely N-dealkylation sites (N-methyl/N-ethyl adjacent to an activating group) is 1. The first-order valence-electron chi connectivity index (χ1n) is 8.65. The maximum Gasteiger partial charge on any atom is 0.328 e. The fourth-order valence-corrected chi connectivity index (χ4v) is 3.40. The van der Waals surface area contributed by atoms with E-state index in [0.29, 0.717) is 26.3 Å². The Labute approximate surface area is 185 Å². The summed E-state index contributed by atoms with van der Waals surface area (Å²) in [4.78, 5) is 36.7. The average Bonchev–Trinajstić information content (AvgIpc) is 2.95. The van der Waals surface area contributed by atoms with Gasteiger partial charge in [-0.3, -0.25) is 14.5 Å². The van der Waals surface area contributed by atoms with E-state index in [9.17, 15) is 18.8 Å². The number of imide groups is 1. The number of carbonyl (C=O) groups is 3. The predicted molar refractivity (Wildman–Crippen MR) is 116 cm³/mol. The molecule has 1 saturated heterocycles. The van der Waals surface area contributed by atoms with E-state index in [-0.39, 0.29) is 12.3 Å². The highest BCUT2D eigenvalue weighted by molar-refractivity contribution is 14.1. The summed E-state index contributed by atoms with van der Waals surface area (Å²) in [5.74, 6) is -0.550. The van der Waals surface area contributed by atoms with Crippen LogP contribution in [0.5, 0.6) is 11.5 Å². The van der Waals surface area contributed by atoms with Gasteiger partial charge in [0.15, 0.2) is 18.1 Å². The molecule has 4 amide bonds. The molecule has 1 fully saturated rings. The summed E-state index contributed by atoms with van der Waals surface area (Å²) >= 11 is 2.02. The molecule has 0 aliphatic carbocycles. The number of benzene rings is 2. The second-order valence-corrected chi connectivity index (χ2v) is 7.39. The smallest absolute Gasteiger partial charge is 0.328 e. The molecule has 0 atom stereocenters. The molecule has 10 heteroatoms. The normalized spacial score (nSPS) is 14.7. The molecular formula is C20H17FIN3O5. The Hall–Kier alpha value is -3.15. The zero-order valence-corrected chi connectivity index (χ0v) is 18.2. The highest BCUT2D eigenvalue weighted by Gasteiger charge is 2.30. The number of amides is 4. The van der Waals surface area contributed by atoms with Gasteiger partial charge in [0.2, 0.25) is 0 Å². The highest BCUT2D eigenvalue weighted by atomic mass is 127. The summed E-state index contributed by atoms with van der Waals surface area (Å²) in [5.41, 5.74) is 1.20. The van der Waals surface area contributed by atoms with Crippen molar-refractivity contribution in [2.75, 3.05) is 26.1 Å². The fourth-order valence-electron chi connectivity index (χ4n) is 2.62. The summed E-state index contributed by atoms with van der Waals surface area (Å²) in [5, 5.41) is 5.09. The van der Waals surface area contributed by atoms with Crippen molar-refractivity contribution in [3.8, 4) is 11.5 Å². The van der Waals surface area contributed by atoms with E-state index in [1.54, 1.807) is 12.1 Å². The minimum absolute atomic E-state index is 0.146. The predicted octanol–water partition coefficient (Wildman–Crippen LogP) is 2.98.